The fourth-order valence-electron chi connectivity index (χ4n) is 2.79. The van der Waals surface area contributed by atoms with Gasteiger partial charge in [0, 0.05) is 43.4 Å². The van der Waals surface area contributed by atoms with E-state index >= 15 is 0 Å². The van der Waals surface area contributed by atoms with Crippen molar-refractivity contribution in [3.05, 3.63) is 60.3 Å². The molecule has 1 aromatic carbocycles. The molecule has 8 nitrogen and oxygen atoms in total. The molecule has 26 heavy (non-hydrogen) atoms. The zero-order valence-electron chi connectivity index (χ0n) is 14.2. The molecule has 0 aliphatic rings. The quantitative estimate of drug-likeness (QED) is 0.572. The van der Waals surface area contributed by atoms with Crippen LogP contribution in [0.15, 0.2) is 48.8 Å². The first kappa shape index (κ1) is 15.9. The number of amides is 1. The number of carbonyl (C=O) groups excluding carboxylic acids is 1. The van der Waals surface area contributed by atoms with Gasteiger partial charge in [-0.1, -0.05) is 18.2 Å². The standard InChI is InChI=1S/C18H17N7O/c1-25-14-7-3-2-6-13(14)16(24-25)18(26)20-10-8-15-21-17(23-22-15)12-5-4-9-19-11-12/h2-7,9,11H,8,10H2,1H3,(H,20,26)(H,21,22,23). The maximum absolute atomic E-state index is 12.4. The number of benzene rings is 1. The molecule has 0 aliphatic heterocycles. The van der Waals surface area contributed by atoms with Crippen molar-refractivity contribution in [1.29, 1.82) is 0 Å². The number of H-pyrrole nitrogens is 1. The van der Waals surface area contributed by atoms with Gasteiger partial charge in [-0.3, -0.25) is 19.6 Å². The maximum Gasteiger partial charge on any atom is 0.272 e. The third kappa shape index (κ3) is 3.04. The summed E-state index contributed by atoms with van der Waals surface area (Å²) in [4.78, 5) is 20.9. The van der Waals surface area contributed by atoms with E-state index in [2.05, 4.69) is 30.6 Å². The number of rotatable bonds is 5. The van der Waals surface area contributed by atoms with Crippen LogP contribution in [0, 0.1) is 0 Å². The number of nitrogens with zero attached hydrogens (tertiary/aromatic N) is 5. The van der Waals surface area contributed by atoms with Crippen LogP contribution in [-0.4, -0.2) is 42.4 Å². The van der Waals surface area contributed by atoms with Gasteiger partial charge in [-0.25, -0.2) is 4.98 Å². The lowest BCUT2D eigenvalue weighted by atomic mass is 10.2. The molecule has 0 atom stereocenters. The Morgan fingerprint density at radius 2 is 2.12 bits per heavy atom. The Balaban J connectivity index is 1.40. The van der Waals surface area contributed by atoms with E-state index in [0.29, 0.717) is 30.3 Å². The normalized spacial score (nSPS) is 11.0. The maximum atomic E-state index is 12.4. The molecule has 1 amide bonds. The fraction of sp³-hybridized carbons (Fsp3) is 0.167. The Hall–Kier alpha value is -3.55. The minimum atomic E-state index is -0.200. The summed E-state index contributed by atoms with van der Waals surface area (Å²) < 4.78 is 1.71. The smallest absolute Gasteiger partial charge is 0.272 e. The Morgan fingerprint density at radius 3 is 2.96 bits per heavy atom. The summed E-state index contributed by atoms with van der Waals surface area (Å²) in [5, 5.41) is 15.1. The second-order valence-corrected chi connectivity index (χ2v) is 5.84. The molecule has 8 heteroatoms. The first-order valence-electron chi connectivity index (χ1n) is 8.24. The minimum Gasteiger partial charge on any atom is -0.350 e. The number of aromatic amines is 1. The molecule has 0 radical (unpaired) electrons. The van der Waals surface area contributed by atoms with Crippen molar-refractivity contribution < 1.29 is 4.79 Å². The van der Waals surface area contributed by atoms with Crippen molar-refractivity contribution in [2.45, 2.75) is 6.42 Å². The van der Waals surface area contributed by atoms with E-state index in [1.54, 1.807) is 17.1 Å². The molecule has 3 heterocycles. The summed E-state index contributed by atoms with van der Waals surface area (Å²) in [6, 6.07) is 11.4. The molecule has 130 valence electrons. The van der Waals surface area contributed by atoms with Gasteiger partial charge in [-0.2, -0.15) is 10.2 Å². The predicted octanol–water partition coefficient (Wildman–Crippen LogP) is 1.73. The van der Waals surface area contributed by atoms with Crippen LogP contribution in [0.1, 0.15) is 16.3 Å². The summed E-state index contributed by atoms with van der Waals surface area (Å²) in [6.45, 7) is 0.436. The van der Waals surface area contributed by atoms with Crippen molar-refractivity contribution in [1.82, 2.24) is 35.3 Å². The van der Waals surface area contributed by atoms with Crippen molar-refractivity contribution in [2.24, 2.45) is 7.05 Å². The summed E-state index contributed by atoms with van der Waals surface area (Å²) in [5.74, 6) is 1.10. The van der Waals surface area contributed by atoms with Gasteiger partial charge in [-0.05, 0) is 18.2 Å². The largest absolute Gasteiger partial charge is 0.350 e. The molecule has 0 saturated carbocycles. The van der Waals surface area contributed by atoms with Gasteiger partial charge in [-0.15, -0.1) is 0 Å². The van der Waals surface area contributed by atoms with Gasteiger partial charge >= 0.3 is 0 Å². The van der Waals surface area contributed by atoms with Gasteiger partial charge in [0.15, 0.2) is 11.5 Å². The second kappa shape index (κ2) is 6.75. The zero-order valence-corrected chi connectivity index (χ0v) is 14.2. The van der Waals surface area contributed by atoms with Crippen LogP contribution in [0.5, 0.6) is 0 Å². The average molecular weight is 347 g/mol. The number of aryl methyl sites for hydroxylation is 1. The van der Waals surface area contributed by atoms with Crippen LogP contribution in [0.25, 0.3) is 22.3 Å². The molecule has 0 bridgehead atoms. The van der Waals surface area contributed by atoms with Gasteiger partial charge < -0.3 is 5.32 Å². The lowest BCUT2D eigenvalue weighted by molar-refractivity contribution is 0.0950. The van der Waals surface area contributed by atoms with E-state index in [-0.39, 0.29) is 5.91 Å². The third-order valence-corrected chi connectivity index (χ3v) is 4.07. The SMILES string of the molecule is Cn1nc(C(=O)NCCc2nc(-c3cccnc3)n[nH]2)c2ccccc21. The number of para-hydroxylation sites is 1. The Labute approximate surface area is 149 Å². The van der Waals surface area contributed by atoms with Gasteiger partial charge in [0.05, 0.1) is 5.52 Å². The van der Waals surface area contributed by atoms with E-state index in [9.17, 15) is 4.79 Å². The van der Waals surface area contributed by atoms with Crippen LogP contribution >= 0.6 is 0 Å². The molecular weight excluding hydrogens is 330 g/mol. The zero-order chi connectivity index (χ0) is 17.9. The monoisotopic (exact) mass is 347 g/mol. The molecule has 0 fully saturated rings. The number of aromatic nitrogens is 6. The Kier molecular flexibility index (Phi) is 4.14. The lowest BCUT2D eigenvalue weighted by Crippen LogP contribution is -2.26. The highest BCUT2D eigenvalue weighted by molar-refractivity contribution is 6.04. The minimum absolute atomic E-state index is 0.200. The number of pyridine rings is 1. The highest BCUT2D eigenvalue weighted by atomic mass is 16.1. The second-order valence-electron chi connectivity index (χ2n) is 5.84. The number of hydrogen-bond donors (Lipinski definition) is 2. The molecular formula is C18H17N7O. The van der Waals surface area contributed by atoms with E-state index in [1.807, 2.05) is 43.4 Å². The first-order valence-corrected chi connectivity index (χ1v) is 8.24. The van der Waals surface area contributed by atoms with Crippen molar-refractivity contribution in [2.75, 3.05) is 6.54 Å². The van der Waals surface area contributed by atoms with Crippen molar-refractivity contribution in [3.8, 4) is 11.4 Å². The molecule has 4 rings (SSSR count). The molecule has 0 spiro atoms. The molecule has 0 saturated heterocycles. The highest BCUT2D eigenvalue weighted by Crippen LogP contribution is 2.17. The van der Waals surface area contributed by atoms with Crippen molar-refractivity contribution in [3.63, 3.8) is 0 Å². The Bertz CT molecular complexity index is 1050. The molecule has 0 unspecified atom stereocenters. The van der Waals surface area contributed by atoms with Crippen LogP contribution in [-0.2, 0) is 13.5 Å². The molecule has 0 aliphatic carbocycles. The number of hydrogen-bond acceptors (Lipinski definition) is 5. The summed E-state index contributed by atoms with van der Waals surface area (Å²) >= 11 is 0. The summed E-state index contributed by atoms with van der Waals surface area (Å²) in [5.41, 5.74) is 2.20. The van der Waals surface area contributed by atoms with E-state index in [0.717, 1.165) is 16.5 Å². The van der Waals surface area contributed by atoms with Gasteiger partial charge in [0.1, 0.15) is 5.82 Å². The van der Waals surface area contributed by atoms with Crippen LogP contribution in [0.2, 0.25) is 0 Å². The van der Waals surface area contributed by atoms with Gasteiger partial charge in [0.25, 0.3) is 5.91 Å². The topological polar surface area (TPSA) is 101 Å². The average Bonchev–Trinajstić information content (AvgIpc) is 3.28. The van der Waals surface area contributed by atoms with E-state index in [4.69, 9.17) is 0 Å². The van der Waals surface area contributed by atoms with Crippen molar-refractivity contribution >= 4 is 16.8 Å². The first-order chi connectivity index (χ1) is 12.7. The summed E-state index contributed by atoms with van der Waals surface area (Å²) in [6.07, 6.45) is 3.96. The highest BCUT2D eigenvalue weighted by Gasteiger charge is 2.15. The van der Waals surface area contributed by atoms with Crippen LogP contribution in [0.3, 0.4) is 0 Å². The lowest BCUT2D eigenvalue weighted by Gasteiger charge is -2.01. The van der Waals surface area contributed by atoms with E-state index < -0.39 is 0 Å². The van der Waals surface area contributed by atoms with Crippen LogP contribution < -0.4 is 5.32 Å². The van der Waals surface area contributed by atoms with E-state index in [1.165, 1.54) is 0 Å². The number of fused-ring (bicyclic) bond motifs is 1. The fourth-order valence-corrected chi connectivity index (χ4v) is 2.79. The third-order valence-electron chi connectivity index (χ3n) is 4.07. The van der Waals surface area contributed by atoms with Crippen LogP contribution in [0.4, 0.5) is 0 Å². The number of nitrogens with one attached hydrogen (secondary N) is 2. The predicted molar refractivity (Wildman–Crippen MR) is 96.4 cm³/mol. The summed E-state index contributed by atoms with van der Waals surface area (Å²) in [7, 11) is 1.83. The number of carbonyl (C=O) groups is 1. The molecule has 4 aromatic rings. The molecule has 2 N–H and O–H groups in total. The molecule has 3 aromatic heterocycles. The van der Waals surface area contributed by atoms with Gasteiger partial charge in [0.2, 0.25) is 0 Å². The Morgan fingerprint density at radius 1 is 1.23 bits per heavy atom.